The van der Waals surface area contributed by atoms with E-state index in [0.29, 0.717) is 68.4 Å². The zero-order chi connectivity index (χ0) is 37.9. The van der Waals surface area contributed by atoms with Crippen molar-refractivity contribution in [1.82, 2.24) is 9.80 Å². The number of hydrogen-bond acceptors (Lipinski definition) is 7. The Bertz CT molecular complexity index is 1460. The number of aromatic hydroxyl groups is 1. The van der Waals surface area contributed by atoms with Crippen LogP contribution < -0.4 is 4.74 Å². The summed E-state index contributed by atoms with van der Waals surface area (Å²) in [4.78, 5) is 29.7. The molecule has 2 aliphatic heterocycles. The van der Waals surface area contributed by atoms with Gasteiger partial charge in [0, 0.05) is 56.0 Å². The van der Waals surface area contributed by atoms with Gasteiger partial charge in [-0.1, -0.05) is 53.4 Å². The molecule has 1 saturated heterocycles. The number of likely N-dealkylation sites (tertiary alicyclic amines) is 1. The molecule has 3 aliphatic carbocycles. The van der Waals surface area contributed by atoms with Gasteiger partial charge in [-0.05, 0) is 121 Å². The summed E-state index contributed by atoms with van der Waals surface area (Å²) < 4.78 is 12.0. The molecule has 0 bridgehead atoms. The third-order valence-electron chi connectivity index (χ3n) is 10.1. The highest BCUT2D eigenvalue weighted by Crippen LogP contribution is 2.46. The molecule has 52 heavy (non-hydrogen) atoms. The van der Waals surface area contributed by atoms with E-state index in [4.69, 9.17) is 19.7 Å². The summed E-state index contributed by atoms with van der Waals surface area (Å²) in [5.41, 5.74) is 1.88. The van der Waals surface area contributed by atoms with E-state index in [0.717, 1.165) is 28.8 Å². The second-order valence-corrected chi connectivity index (χ2v) is 16.8. The topological polar surface area (TPSA) is 120 Å². The van der Waals surface area contributed by atoms with Gasteiger partial charge in [-0.2, -0.15) is 0 Å². The Labute approximate surface area is 319 Å². The van der Waals surface area contributed by atoms with E-state index in [1.54, 1.807) is 21.9 Å². The van der Waals surface area contributed by atoms with Crippen LogP contribution in [0.4, 0.5) is 4.79 Å². The molecule has 7 rings (SSSR count). The Morgan fingerprint density at radius 3 is 1.96 bits per heavy atom. The van der Waals surface area contributed by atoms with Crippen molar-refractivity contribution in [3.63, 3.8) is 0 Å². The number of fused-ring (bicyclic) bond motifs is 1. The number of phenolic OH excluding ortho intramolecular Hbond substituents is 1. The van der Waals surface area contributed by atoms with Crippen LogP contribution in [0.3, 0.4) is 0 Å². The summed E-state index contributed by atoms with van der Waals surface area (Å²) in [7, 11) is 0. The molecule has 0 unspecified atom stereocenters. The highest BCUT2D eigenvalue weighted by molar-refractivity contribution is 9.09. The van der Waals surface area contributed by atoms with Gasteiger partial charge in [0.1, 0.15) is 22.7 Å². The molecule has 0 aromatic heterocycles. The monoisotopic (exact) mass is 784 g/mol. The van der Waals surface area contributed by atoms with Crippen LogP contribution in [0.2, 0.25) is 0 Å². The Morgan fingerprint density at radius 2 is 1.54 bits per heavy atom. The molecule has 2 amide bonds. The normalized spacial score (nSPS) is 19.2. The molecule has 2 aromatic rings. The van der Waals surface area contributed by atoms with E-state index in [1.165, 1.54) is 44.9 Å². The van der Waals surface area contributed by atoms with Crippen LogP contribution in [0, 0.1) is 5.92 Å². The Kier molecular flexibility index (Phi) is 15.5. The lowest BCUT2D eigenvalue weighted by Crippen LogP contribution is -2.50. The van der Waals surface area contributed by atoms with Crippen molar-refractivity contribution in [3.05, 3.63) is 65.2 Å². The average Bonchev–Trinajstić information content (AvgIpc) is 3.84. The maximum Gasteiger partial charge on any atom is 0.410 e. The number of piperidine rings is 1. The Morgan fingerprint density at radius 1 is 0.942 bits per heavy atom. The van der Waals surface area contributed by atoms with Crippen LogP contribution in [-0.2, 0) is 4.74 Å². The summed E-state index contributed by atoms with van der Waals surface area (Å²) in [6, 6.07) is 12.8. The molecule has 288 valence electrons. The number of carbonyl (C=O) groups excluding carboxylic acids is 2. The first-order chi connectivity index (χ1) is 24.8. The zero-order valence-corrected chi connectivity index (χ0v) is 33.5. The van der Waals surface area contributed by atoms with Gasteiger partial charge in [0.15, 0.2) is 0 Å². The predicted octanol–water partition coefficient (Wildman–Crippen LogP) is 8.71. The first kappa shape index (κ1) is 41.7. The number of amides is 2. The summed E-state index contributed by atoms with van der Waals surface area (Å²) in [6.07, 6.45) is 14.3. The molecule has 3 N–H and O–H groups in total. The number of alkyl halides is 1. The molecule has 0 radical (unpaired) electrons. The smallest absolute Gasteiger partial charge is 0.410 e. The number of hydrogen-bond donors (Lipinski definition) is 3. The van der Waals surface area contributed by atoms with Crippen molar-refractivity contribution in [1.29, 1.82) is 0 Å². The number of carbonyl (C=O) groups is 2. The quantitative estimate of drug-likeness (QED) is 0.260. The second-order valence-electron chi connectivity index (χ2n) is 15.5. The molecule has 10 heteroatoms. The number of benzene rings is 2. The van der Waals surface area contributed by atoms with Gasteiger partial charge >= 0.3 is 6.09 Å². The number of phenols is 1. The van der Waals surface area contributed by atoms with Crippen molar-refractivity contribution >= 4 is 33.5 Å². The lowest BCUT2D eigenvalue weighted by Gasteiger charge is -2.43. The average molecular weight is 786 g/mol. The molecule has 5 aliphatic rings. The number of aliphatic hydroxyl groups is 2. The fourth-order valence-corrected chi connectivity index (χ4v) is 7.02. The van der Waals surface area contributed by atoms with E-state index in [9.17, 15) is 14.7 Å². The van der Waals surface area contributed by atoms with Crippen molar-refractivity contribution in [3.8, 4) is 11.5 Å². The number of nitrogens with zero attached hydrogens (tertiary/aromatic N) is 2. The maximum absolute atomic E-state index is 12.8. The number of ether oxygens (including phenoxy) is 2. The summed E-state index contributed by atoms with van der Waals surface area (Å²) in [5, 5.41) is 27.7. The third kappa shape index (κ3) is 12.2. The maximum atomic E-state index is 12.8. The fourth-order valence-electron chi connectivity index (χ4n) is 6.38. The fraction of sp³-hybridized carbons (Fsp3) is 0.619. The van der Waals surface area contributed by atoms with Crippen LogP contribution in [-0.4, -0.2) is 92.0 Å². The second kappa shape index (κ2) is 19.3. The minimum atomic E-state index is -0.607. The lowest BCUT2D eigenvalue weighted by molar-refractivity contribution is -0.00121. The van der Waals surface area contributed by atoms with Gasteiger partial charge in [0.05, 0.1) is 11.7 Å². The van der Waals surface area contributed by atoms with E-state index in [1.807, 2.05) is 65.0 Å². The van der Waals surface area contributed by atoms with E-state index < -0.39 is 11.2 Å². The standard InChI is InChI=1S/C29H36N2O5.C5H10O.C4H7Br.C4H8O/c1-6-30(7-2)26(33)21-13-11-20(12-14-21)22-19-29(35-24-10-8-9-23(32)25(22)24)15-17-31(18-16-29)27(34)36-28(3,4)5;6-5-3-1-2-4-5;5-4-2-1-3-4;5-3-4-1-2-4/h8-14,19,32H,6-7,15-18H2,1-5H3;5-6H,1-4H2;4H,1-3H2;4-5H,1-3H2. The third-order valence-corrected chi connectivity index (χ3v) is 11.0. The van der Waals surface area contributed by atoms with E-state index >= 15 is 0 Å². The molecule has 1 spiro atoms. The molecule has 3 saturated carbocycles. The van der Waals surface area contributed by atoms with Gasteiger partial charge in [-0.15, -0.1) is 0 Å². The van der Waals surface area contributed by atoms with Crippen LogP contribution in [0.5, 0.6) is 11.5 Å². The first-order valence-electron chi connectivity index (χ1n) is 19.3. The van der Waals surface area contributed by atoms with Crippen LogP contribution in [0.25, 0.3) is 5.57 Å². The predicted molar refractivity (Wildman–Crippen MR) is 210 cm³/mol. The highest BCUT2D eigenvalue weighted by atomic mass is 79.9. The van der Waals surface area contributed by atoms with Gasteiger partial charge in [0.2, 0.25) is 0 Å². The van der Waals surface area contributed by atoms with Crippen LogP contribution in [0.15, 0.2) is 48.5 Å². The molecule has 4 fully saturated rings. The largest absolute Gasteiger partial charge is 0.507 e. The molecular weight excluding hydrogens is 724 g/mol. The molecular formula is C42H61BrN2O7. The van der Waals surface area contributed by atoms with Crippen molar-refractivity contribution in [2.75, 3.05) is 32.8 Å². The van der Waals surface area contributed by atoms with Gasteiger partial charge < -0.3 is 34.6 Å². The summed E-state index contributed by atoms with van der Waals surface area (Å²) in [6.45, 7) is 12.3. The molecule has 0 atom stereocenters. The van der Waals surface area contributed by atoms with Gasteiger partial charge in [-0.25, -0.2) is 4.79 Å². The Hall–Kier alpha value is -3.08. The van der Waals surface area contributed by atoms with Gasteiger partial charge in [0.25, 0.3) is 5.91 Å². The molecule has 2 aromatic carbocycles. The first-order valence-corrected chi connectivity index (χ1v) is 20.2. The highest BCUT2D eigenvalue weighted by Gasteiger charge is 2.41. The molecule has 2 heterocycles. The number of halogens is 1. The summed E-state index contributed by atoms with van der Waals surface area (Å²) in [5.74, 6) is 1.45. The number of aliphatic hydroxyl groups excluding tert-OH is 2. The lowest BCUT2D eigenvalue weighted by atomic mass is 9.82. The van der Waals surface area contributed by atoms with Crippen LogP contribution >= 0.6 is 15.9 Å². The Balaban J connectivity index is 0.000000306. The van der Waals surface area contributed by atoms with E-state index in [-0.39, 0.29) is 23.9 Å². The SMILES string of the molecule is BrC1CCC1.CCN(CC)C(=O)c1ccc(C2=CC3(CCN(C(=O)OC(C)(C)C)CC3)Oc3cccc(O)c32)cc1.OC1CCCC1.OCC1CC1. The van der Waals surface area contributed by atoms with Crippen molar-refractivity contribution in [2.45, 2.75) is 127 Å². The number of rotatable bonds is 5. The van der Waals surface area contributed by atoms with Crippen molar-refractivity contribution in [2.24, 2.45) is 5.92 Å². The summed E-state index contributed by atoms with van der Waals surface area (Å²) >= 11 is 3.46. The molecule has 9 nitrogen and oxygen atoms in total. The van der Waals surface area contributed by atoms with E-state index in [2.05, 4.69) is 22.0 Å². The van der Waals surface area contributed by atoms with Gasteiger partial charge in [-0.3, -0.25) is 4.79 Å². The zero-order valence-electron chi connectivity index (χ0n) is 31.9. The minimum Gasteiger partial charge on any atom is -0.507 e. The van der Waals surface area contributed by atoms with Crippen molar-refractivity contribution < 1.29 is 34.4 Å². The van der Waals surface area contributed by atoms with Crippen LogP contribution in [0.1, 0.15) is 127 Å². The minimum absolute atomic E-state index is 0.00161.